The Morgan fingerprint density at radius 3 is 2.97 bits per heavy atom. The summed E-state index contributed by atoms with van der Waals surface area (Å²) >= 11 is 0. The van der Waals surface area contributed by atoms with Gasteiger partial charge in [0.05, 0.1) is 28.2 Å². The van der Waals surface area contributed by atoms with Crippen molar-refractivity contribution in [2.24, 2.45) is 0 Å². The molecule has 1 N–H and O–H groups in total. The van der Waals surface area contributed by atoms with E-state index in [0.29, 0.717) is 23.4 Å². The number of anilines is 1. The molecule has 0 aliphatic carbocycles. The zero-order valence-corrected chi connectivity index (χ0v) is 16.9. The number of aromatic nitrogens is 2. The molecule has 0 atom stereocenters. The number of benzene rings is 1. The molecule has 3 aromatic rings. The van der Waals surface area contributed by atoms with Crippen LogP contribution in [0.5, 0.6) is 5.75 Å². The minimum atomic E-state index is -3.79. The smallest absolute Gasteiger partial charge is 0.268 e. The summed E-state index contributed by atoms with van der Waals surface area (Å²) in [5.41, 5.74) is 4.09. The van der Waals surface area contributed by atoms with Gasteiger partial charge in [-0.2, -0.15) is 0 Å². The number of hydrogen-bond acceptors (Lipinski definition) is 6. The van der Waals surface area contributed by atoms with Gasteiger partial charge in [0, 0.05) is 31.5 Å². The molecule has 8 heteroatoms. The third kappa shape index (κ3) is 2.99. The summed E-state index contributed by atoms with van der Waals surface area (Å²) < 4.78 is 34.2. The second kappa shape index (κ2) is 6.89. The van der Waals surface area contributed by atoms with Gasteiger partial charge in [-0.25, -0.2) is 12.4 Å². The molecule has 2 aromatic heterocycles. The molecule has 5 rings (SSSR count). The monoisotopic (exact) mass is 410 g/mol. The van der Waals surface area contributed by atoms with Gasteiger partial charge in [-0.1, -0.05) is 6.08 Å². The van der Waals surface area contributed by atoms with Crippen LogP contribution in [-0.4, -0.2) is 50.7 Å². The fourth-order valence-electron chi connectivity index (χ4n) is 3.94. The Hall–Kier alpha value is -2.84. The molecule has 2 aliphatic rings. The number of likely N-dealkylation sites (N-methyl/N-ethyl adjacent to an activating group) is 1. The van der Waals surface area contributed by atoms with Gasteiger partial charge >= 0.3 is 0 Å². The highest BCUT2D eigenvalue weighted by Crippen LogP contribution is 2.35. The van der Waals surface area contributed by atoms with E-state index in [1.54, 1.807) is 42.7 Å². The van der Waals surface area contributed by atoms with Crippen LogP contribution in [0.1, 0.15) is 12.0 Å². The minimum Gasteiger partial charge on any atom is -0.490 e. The van der Waals surface area contributed by atoms with E-state index in [9.17, 15) is 8.42 Å². The summed E-state index contributed by atoms with van der Waals surface area (Å²) in [6.45, 7) is 2.96. The lowest BCUT2D eigenvalue weighted by atomic mass is 10.0. The number of ether oxygens (including phenoxy) is 1. The quantitative estimate of drug-likeness (QED) is 0.715. The van der Waals surface area contributed by atoms with Gasteiger partial charge < -0.3 is 15.0 Å². The number of hydrogen-bond donors (Lipinski definition) is 1. The maximum atomic E-state index is 13.6. The number of pyridine rings is 1. The molecule has 0 saturated carbocycles. The summed E-state index contributed by atoms with van der Waals surface area (Å²) in [7, 11) is -1.85. The fourth-order valence-corrected chi connectivity index (χ4v) is 5.31. The summed E-state index contributed by atoms with van der Waals surface area (Å²) in [5.74, 6) is 0.706. The molecular weight excluding hydrogens is 388 g/mol. The lowest BCUT2D eigenvalue weighted by Gasteiger charge is -2.28. The van der Waals surface area contributed by atoms with Crippen LogP contribution in [0.15, 0.2) is 53.7 Å². The summed E-state index contributed by atoms with van der Waals surface area (Å²) in [5, 5.41) is 3.29. The molecule has 0 unspecified atom stereocenters. The topological polar surface area (TPSA) is 76.5 Å². The zero-order chi connectivity index (χ0) is 20.0. The van der Waals surface area contributed by atoms with Crippen LogP contribution in [0.4, 0.5) is 5.69 Å². The Balaban J connectivity index is 1.67. The number of fused-ring (bicyclic) bond motifs is 2. The zero-order valence-electron chi connectivity index (χ0n) is 16.1. The van der Waals surface area contributed by atoms with Crippen molar-refractivity contribution in [3.05, 3.63) is 54.4 Å². The van der Waals surface area contributed by atoms with Gasteiger partial charge in [-0.15, -0.1) is 0 Å². The van der Waals surface area contributed by atoms with Crippen LogP contribution < -0.4 is 15.0 Å². The van der Waals surface area contributed by atoms with Crippen LogP contribution in [-0.2, 0) is 10.0 Å². The van der Waals surface area contributed by atoms with E-state index in [2.05, 4.69) is 16.4 Å². The van der Waals surface area contributed by atoms with Crippen molar-refractivity contribution >= 4 is 32.3 Å². The molecule has 0 bridgehead atoms. The van der Waals surface area contributed by atoms with Crippen LogP contribution in [0.3, 0.4) is 0 Å². The van der Waals surface area contributed by atoms with E-state index >= 15 is 0 Å². The predicted octanol–water partition coefficient (Wildman–Crippen LogP) is 2.48. The van der Waals surface area contributed by atoms with Crippen molar-refractivity contribution in [2.75, 3.05) is 38.2 Å². The molecule has 0 spiro atoms. The van der Waals surface area contributed by atoms with Crippen molar-refractivity contribution < 1.29 is 13.2 Å². The maximum Gasteiger partial charge on any atom is 0.268 e. The molecule has 0 saturated heterocycles. The van der Waals surface area contributed by atoms with Crippen LogP contribution in [0.2, 0.25) is 0 Å². The third-order valence-corrected chi connectivity index (χ3v) is 7.19. The predicted molar refractivity (Wildman–Crippen MR) is 113 cm³/mol. The molecule has 0 fully saturated rings. The van der Waals surface area contributed by atoms with Gasteiger partial charge in [0.1, 0.15) is 12.4 Å². The van der Waals surface area contributed by atoms with Crippen molar-refractivity contribution in [2.45, 2.75) is 11.3 Å². The van der Waals surface area contributed by atoms with Crippen LogP contribution >= 0.6 is 0 Å². The van der Waals surface area contributed by atoms with E-state index in [1.807, 2.05) is 11.9 Å². The van der Waals surface area contributed by atoms with Gasteiger partial charge in [0.25, 0.3) is 10.0 Å². The molecule has 4 heterocycles. The number of nitrogens with one attached hydrogen (secondary N) is 1. The standard InChI is InChI=1S/C21H22N4O3S/c1-24-11-12-28-20-5-4-16(13-19(20)24)29(26,27)25-14-17(15-6-9-22-10-7-15)21-18(25)3-2-8-23-21/h2-6,8,13-14,22H,7,9-12H2,1H3. The Kier molecular flexibility index (Phi) is 4.33. The molecular formula is C21H22N4O3S. The molecule has 0 radical (unpaired) electrons. The molecule has 1 aromatic carbocycles. The summed E-state index contributed by atoms with van der Waals surface area (Å²) in [4.78, 5) is 6.74. The molecule has 0 amide bonds. The molecule has 2 aliphatic heterocycles. The Labute approximate surface area is 169 Å². The van der Waals surface area contributed by atoms with Crippen molar-refractivity contribution in [1.29, 1.82) is 0 Å². The average Bonchev–Trinajstić information content (AvgIpc) is 3.15. The first-order valence-corrected chi connectivity index (χ1v) is 11.1. The molecule has 29 heavy (non-hydrogen) atoms. The van der Waals surface area contributed by atoms with E-state index in [1.165, 1.54) is 3.97 Å². The number of rotatable bonds is 3. The normalized spacial score (nSPS) is 17.0. The highest BCUT2D eigenvalue weighted by molar-refractivity contribution is 7.90. The SMILES string of the molecule is CN1CCOc2ccc(S(=O)(=O)n3cc(C4=CCNCC4)c4ncccc43)cc21. The molecule has 7 nitrogen and oxygen atoms in total. The molecule has 150 valence electrons. The largest absolute Gasteiger partial charge is 0.490 e. The highest BCUT2D eigenvalue weighted by Gasteiger charge is 2.26. The van der Waals surface area contributed by atoms with E-state index < -0.39 is 10.0 Å². The van der Waals surface area contributed by atoms with Crippen LogP contribution in [0.25, 0.3) is 16.6 Å². The second-order valence-corrected chi connectivity index (χ2v) is 9.11. The van der Waals surface area contributed by atoms with Crippen LogP contribution in [0, 0.1) is 0 Å². The average molecular weight is 410 g/mol. The van der Waals surface area contributed by atoms with Gasteiger partial charge in [0.15, 0.2) is 0 Å². The summed E-state index contributed by atoms with van der Waals surface area (Å²) in [6.07, 6.45) is 6.37. The van der Waals surface area contributed by atoms with Crippen molar-refractivity contribution in [1.82, 2.24) is 14.3 Å². The first kappa shape index (κ1) is 18.2. The number of nitrogens with zero attached hydrogens (tertiary/aromatic N) is 3. The third-order valence-electron chi connectivity index (χ3n) is 5.52. The Morgan fingerprint density at radius 1 is 1.24 bits per heavy atom. The van der Waals surface area contributed by atoms with Crippen molar-refractivity contribution in [3.63, 3.8) is 0 Å². The first-order valence-electron chi connectivity index (χ1n) is 9.65. The maximum absolute atomic E-state index is 13.6. The lowest BCUT2D eigenvalue weighted by Crippen LogP contribution is -2.29. The Morgan fingerprint density at radius 2 is 2.14 bits per heavy atom. The van der Waals surface area contributed by atoms with E-state index in [-0.39, 0.29) is 4.90 Å². The highest BCUT2D eigenvalue weighted by atomic mass is 32.2. The summed E-state index contributed by atoms with van der Waals surface area (Å²) in [6, 6.07) is 8.61. The van der Waals surface area contributed by atoms with Gasteiger partial charge in [-0.3, -0.25) is 4.98 Å². The Bertz CT molecular complexity index is 1230. The second-order valence-electron chi connectivity index (χ2n) is 7.30. The fraction of sp³-hybridized carbons (Fsp3) is 0.286. The van der Waals surface area contributed by atoms with Crippen molar-refractivity contribution in [3.8, 4) is 5.75 Å². The lowest BCUT2D eigenvalue weighted by molar-refractivity contribution is 0.311. The van der Waals surface area contributed by atoms with E-state index in [0.717, 1.165) is 42.9 Å². The first-order chi connectivity index (χ1) is 14.1. The minimum absolute atomic E-state index is 0.236. The van der Waals surface area contributed by atoms with Gasteiger partial charge in [-0.05, 0) is 48.9 Å². The van der Waals surface area contributed by atoms with E-state index in [4.69, 9.17) is 4.74 Å². The van der Waals surface area contributed by atoms with Gasteiger partial charge in [0.2, 0.25) is 0 Å².